The molecule has 0 aromatic heterocycles. The molecule has 0 heterocycles. The molecule has 0 rings (SSSR count). The average Bonchev–Trinajstić information content (AvgIpc) is 2.22. The summed E-state index contributed by atoms with van der Waals surface area (Å²) in [6.45, 7) is 11.5. The lowest BCUT2D eigenvalue weighted by molar-refractivity contribution is 0.208. The number of rotatable bonds is 7. The van der Waals surface area contributed by atoms with Crippen LogP contribution in [0.15, 0.2) is 0 Å². The van der Waals surface area contributed by atoms with Gasteiger partial charge in [0.05, 0.1) is 0 Å². The second-order valence-electron chi connectivity index (χ2n) is 6.37. The molecule has 0 bridgehead atoms. The molecule has 0 fully saturated rings. The Morgan fingerprint density at radius 3 is 2.28 bits per heavy atom. The molecule has 4 nitrogen and oxygen atoms in total. The number of hydrogen-bond donors (Lipinski definition) is 3. The average molecular weight is 258 g/mol. The third-order valence-corrected chi connectivity index (χ3v) is 3.00. The predicted molar refractivity (Wildman–Crippen MR) is 75.6 cm³/mol. The van der Waals surface area contributed by atoms with Crippen LogP contribution in [0.2, 0.25) is 0 Å². The maximum Gasteiger partial charge on any atom is 0.315 e. The normalized spacial score (nSPS) is 13.5. The van der Waals surface area contributed by atoms with E-state index in [1.165, 1.54) is 0 Å². The van der Waals surface area contributed by atoms with E-state index in [1.807, 2.05) is 0 Å². The summed E-state index contributed by atoms with van der Waals surface area (Å²) in [7, 11) is 0. The Bertz CT molecular complexity index is 234. The first-order chi connectivity index (χ1) is 8.27. The maximum absolute atomic E-state index is 11.7. The summed E-state index contributed by atoms with van der Waals surface area (Å²) in [5.41, 5.74) is 0.0587. The van der Waals surface area contributed by atoms with Gasteiger partial charge in [-0.1, -0.05) is 34.6 Å². The molecule has 0 aliphatic heterocycles. The zero-order valence-corrected chi connectivity index (χ0v) is 12.5. The maximum atomic E-state index is 11.7. The Morgan fingerprint density at radius 1 is 1.22 bits per heavy atom. The van der Waals surface area contributed by atoms with Crippen molar-refractivity contribution in [2.75, 3.05) is 13.2 Å². The summed E-state index contributed by atoms with van der Waals surface area (Å²) in [6, 6.07) is 0.0427. The molecule has 1 atom stereocenters. The van der Waals surface area contributed by atoms with Crippen LogP contribution < -0.4 is 10.6 Å². The molecule has 0 aliphatic carbocycles. The molecule has 0 radical (unpaired) electrons. The van der Waals surface area contributed by atoms with Crippen LogP contribution in [-0.2, 0) is 0 Å². The number of nitrogens with one attached hydrogen (secondary N) is 2. The van der Waals surface area contributed by atoms with E-state index in [4.69, 9.17) is 5.11 Å². The van der Waals surface area contributed by atoms with Crippen molar-refractivity contribution >= 4 is 6.03 Å². The van der Waals surface area contributed by atoms with E-state index in [0.29, 0.717) is 18.9 Å². The van der Waals surface area contributed by atoms with Gasteiger partial charge < -0.3 is 15.7 Å². The van der Waals surface area contributed by atoms with Crippen LogP contribution in [-0.4, -0.2) is 30.3 Å². The summed E-state index contributed by atoms with van der Waals surface area (Å²) in [4.78, 5) is 11.7. The van der Waals surface area contributed by atoms with Crippen molar-refractivity contribution in [1.29, 1.82) is 0 Å². The zero-order valence-electron chi connectivity index (χ0n) is 12.5. The summed E-state index contributed by atoms with van der Waals surface area (Å²) < 4.78 is 0. The van der Waals surface area contributed by atoms with E-state index in [0.717, 1.165) is 12.8 Å². The number of amides is 2. The molecule has 108 valence electrons. The highest BCUT2D eigenvalue weighted by Crippen LogP contribution is 2.24. The Morgan fingerprint density at radius 2 is 1.83 bits per heavy atom. The number of aliphatic hydroxyl groups excluding tert-OH is 1. The molecule has 4 heteroatoms. The molecule has 0 aromatic carbocycles. The van der Waals surface area contributed by atoms with Gasteiger partial charge in [0.1, 0.15) is 0 Å². The number of carbonyl (C=O) groups is 1. The number of hydrogen-bond acceptors (Lipinski definition) is 2. The van der Waals surface area contributed by atoms with E-state index in [9.17, 15) is 4.79 Å². The largest absolute Gasteiger partial charge is 0.396 e. The summed E-state index contributed by atoms with van der Waals surface area (Å²) in [5.74, 6) is 0.647. The molecule has 2 amide bonds. The summed E-state index contributed by atoms with van der Waals surface area (Å²) in [5, 5.41) is 14.5. The van der Waals surface area contributed by atoms with Gasteiger partial charge in [-0.2, -0.15) is 0 Å². The van der Waals surface area contributed by atoms with Crippen LogP contribution in [0.3, 0.4) is 0 Å². The van der Waals surface area contributed by atoms with E-state index in [-0.39, 0.29) is 24.1 Å². The van der Waals surface area contributed by atoms with Gasteiger partial charge in [0.15, 0.2) is 0 Å². The highest BCUT2D eigenvalue weighted by atomic mass is 16.3. The lowest BCUT2D eigenvalue weighted by atomic mass is 9.83. The van der Waals surface area contributed by atoms with Gasteiger partial charge in [-0.15, -0.1) is 0 Å². The van der Waals surface area contributed by atoms with E-state index in [1.54, 1.807) is 0 Å². The van der Waals surface area contributed by atoms with Crippen molar-refractivity contribution in [3.05, 3.63) is 0 Å². The molecule has 0 aliphatic rings. The van der Waals surface area contributed by atoms with Crippen molar-refractivity contribution in [3.63, 3.8) is 0 Å². The fourth-order valence-corrected chi connectivity index (χ4v) is 1.71. The minimum Gasteiger partial charge on any atom is -0.396 e. The number of aliphatic hydroxyl groups is 1. The molecule has 1 unspecified atom stereocenters. The minimum atomic E-state index is -0.132. The quantitative estimate of drug-likeness (QED) is 0.614. The topological polar surface area (TPSA) is 61.4 Å². The molecule has 3 N–H and O–H groups in total. The zero-order chi connectivity index (χ0) is 14.2. The monoisotopic (exact) mass is 258 g/mol. The van der Waals surface area contributed by atoms with Crippen LogP contribution in [0.25, 0.3) is 0 Å². The van der Waals surface area contributed by atoms with Crippen molar-refractivity contribution < 1.29 is 9.90 Å². The fourth-order valence-electron chi connectivity index (χ4n) is 1.71. The SMILES string of the molecule is CC(C)CCC(NC(=O)NCCCO)C(C)(C)C. The molecular formula is C14H30N2O2. The predicted octanol–water partition coefficient (Wildman–Crippen LogP) is 2.52. The standard InChI is InChI=1S/C14H30N2O2/c1-11(2)7-8-12(14(3,4)5)16-13(18)15-9-6-10-17/h11-12,17H,6-10H2,1-5H3,(H2,15,16,18). The van der Waals surface area contributed by atoms with Gasteiger partial charge in [-0.25, -0.2) is 4.79 Å². The van der Waals surface area contributed by atoms with Gasteiger partial charge in [0, 0.05) is 19.2 Å². The lowest BCUT2D eigenvalue weighted by Crippen LogP contribution is -2.48. The first-order valence-corrected chi connectivity index (χ1v) is 6.92. The molecule has 0 spiro atoms. The minimum absolute atomic E-state index is 0.0587. The smallest absolute Gasteiger partial charge is 0.315 e. The van der Waals surface area contributed by atoms with Crippen LogP contribution in [0.5, 0.6) is 0 Å². The molecular weight excluding hydrogens is 228 g/mol. The van der Waals surface area contributed by atoms with Gasteiger partial charge in [-0.3, -0.25) is 0 Å². The van der Waals surface area contributed by atoms with Crippen molar-refractivity contribution in [3.8, 4) is 0 Å². The second-order valence-corrected chi connectivity index (χ2v) is 6.37. The summed E-state index contributed by atoms with van der Waals surface area (Å²) >= 11 is 0. The van der Waals surface area contributed by atoms with Gasteiger partial charge in [-0.05, 0) is 30.6 Å². The highest BCUT2D eigenvalue weighted by molar-refractivity contribution is 5.74. The first kappa shape index (κ1) is 17.2. The van der Waals surface area contributed by atoms with Crippen LogP contribution in [0, 0.1) is 11.3 Å². The Hall–Kier alpha value is -0.770. The number of carbonyl (C=O) groups excluding carboxylic acids is 1. The fraction of sp³-hybridized carbons (Fsp3) is 0.929. The molecule has 0 aromatic rings. The Balaban J connectivity index is 4.19. The first-order valence-electron chi connectivity index (χ1n) is 6.92. The third kappa shape index (κ3) is 8.34. The van der Waals surface area contributed by atoms with Crippen LogP contribution in [0.4, 0.5) is 4.79 Å². The highest BCUT2D eigenvalue weighted by Gasteiger charge is 2.25. The molecule has 0 saturated carbocycles. The van der Waals surface area contributed by atoms with Crippen molar-refractivity contribution in [1.82, 2.24) is 10.6 Å². The second kappa shape index (κ2) is 8.35. The molecule has 0 saturated heterocycles. The van der Waals surface area contributed by atoms with E-state index < -0.39 is 0 Å². The molecule has 18 heavy (non-hydrogen) atoms. The number of urea groups is 1. The van der Waals surface area contributed by atoms with Gasteiger partial charge in [0.25, 0.3) is 0 Å². The van der Waals surface area contributed by atoms with Crippen LogP contribution >= 0.6 is 0 Å². The lowest BCUT2D eigenvalue weighted by Gasteiger charge is -2.32. The Labute approximate surface area is 112 Å². The summed E-state index contributed by atoms with van der Waals surface area (Å²) in [6.07, 6.45) is 2.70. The Kier molecular flexibility index (Phi) is 8.00. The van der Waals surface area contributed by atoms with Crippen molar-refractivity contribution in [2.45, 2.75) is 59.9 Å². The van der Waals surface area contributed by atoms with E-state index in [2.05, 4.69) is 45.3 Å². The van der Waals surface area contributed by atoms with Crippen molar-refractivity contribution in [2.24, 2.45) is 11.3 Å². The van der Waals surface area contributed by atoms with Gasteiger partial charge >= 0.3 is 6.03 Å². The van der Waals surface area contributed by atoms with Crippen LogP contribution in [0.1, 0.15) is 53.9 Å². The third-order valence-electron chi connectivity index (χ3n) is 3.00. The van der Waals surface area contributed by atoms with E-state index >= 15 is 0 Å². The van der Waals surface area contributed by atoms with Gasteiger partial charge in [0.2, 0.25) is 0 Å².